The monoisotopic (exact) mass is 423 g/mol. The van der Waals surface area contributed by atoms with Crippen LogP contribution in [0.25, 0.3) is 0 Å². The molecule has 0 heterocycles. The summed E-state index contributed by atoms with van der Waals surface area (Å²) in [5, 5.41) is 38.8. The number of hydrogen-bond donors (Lipinski definition) is 5. The molecule has 1 aliphatic rings. The van der Waals surface area contributed by atoms with Gasteiger partial charge in [0.15, 0.2) is 0 Å². The van der Waals surface area contributed by atoms with Crippen molar-refractivity contribution >= 4 is 11.9 Å². The third-order valence-electron chi connectivity index (χ3n) is 5.26. The average Bonchev–Trinajstić information content (AvgIpc) is 2.60. The molecule has 7 nitrogen and oxygen atoms in total. The van der Waals surface area contributed by atoms with E-state index in [-0.39, 0.29) is 16.9 Å². The van der Waals surface area contributed by atoms with Gasteiger partial charge in [-0.15, -0.1) is 0 Å². The molecular weight excluding hydrogens is 386 g/mol. The summed E-state index contributed by atoms with van der Waals surface area (Å²) < 4.78 is 0. The highest BCUT2D eigenvalue weighted by molar-refractivity contribution is 6.27. The molecule has 0 amide bonds. The molecule has 0 aliphatic heterocycles. The van der Waals surface area contributed by atoms with Crippen LogP contribution in [0.4, 0.5) is 0 Å². The second kappa shape index (κ2) is 10.3. The lowest BCUT2D eigenvalue weighted by molar-refractivity contribution is -0.159. The maximum absolute atomic E-state index is 10.8. The number of aliphatic hydroxyl groups is 1. The van der Waals surface area contributed by atoms with Crippen molar-refractivity contribution in [2.45, 2.75) is 96.7 Å². The van der Waals surface area contributed by atoms with E-state index >= 15 is 0 Å². The van der Waals surface area contributed by atoms with Crippen molar-refractivity contribution in [3.05, 3.63) is 28.8 Å². The van der Waals surface area contributed by atoms with Crippen molar-refractivity contribution in [2.75, 3.05) is 0 Å². The zero-order valence-corrected chi connectivity index (χ0v) is 19.0. The highest BCUT2D eigenvalue weighted by atomic mass is 16.4. The number of carboxylic acids is 2. The van der Waals surface area contributed by atoms with Crippen LogP contribution in [0.1, 0.15) is 83.9 Å². The van der Waals surface area contributed by atoms with Gasteiger partial charge in [-0.2, -0.15) is 0 Å². The molecule has 1 saturated carbocycles. The summed E-state index contributed by atoms with van der Waals surface area (Å²) in [6.07, 6.45) is 3.76. The number of carboxylic acid groups (broad SMARTS) is 2. The Balaban J connectivity index is 0.000000656. The molecule has 0 spiro atoms. The van der Waals surface area contributed by atoms with Crippen LogP contribution in [0.3, 0.4) is 0 Å². The first-order chi connectivity index (χ1) is 13.6. The summed E-state index contributed by atoms with van der Waals surface area (Å²) in [4.78, 5) is 18.2. The number of carbonyl (C=O) groups is 2. The lowest BCUT2D eigenvalue weighted by Gasteiger charge is -2.29. The summed E-state index contributed by atoms with van der Waals surface area (Å²) in [5.74, 6) is -3.20. The molecular formula is C23H37NO6. The van der Waals surface area contributed by atoms with Crippen molar-refractivity contribution in [1.29, 1.82) is 0 Å². The van der Waals surface area contributed by atoms with E-state index in [1.807, 2.05) is 0 Å². The van der Waals surface area contributed by atoms with Crippen molar-refractivity contribution in [1.82, 2.24) is 5.32 Å². The predicted molar refractivity (Wildman–Crippen MR) is 116 cm³/mol. The van der Waals surface area contributed by atoms with Crippen LogP contribution in [0.2, 0.25) is 0 Å². The standard InChI is InChI=1S/C21H35NO2.C2H2O4/c1-20(2,3)17-11-14(12-18(19(17)24)21(4,5)6)13-22-15-7-9-16(23)10-8-15;3-1(4)2(5)6/h11-12,15-16,22-24H,7-10,13H2,1-6H3;(H,3,4)(H,5,6). The molecule has 170 valence electrons. The van der Waals surface area contributed by atoms with Crippen LogP contribution < -0.4 is 5.32 Å². The summed E-state index contributed by atoms with van der Waals surface area (Å²) in [6.45, 7) is 13.7. The van der Waals surface area contributed by atoms with Gasteiger partial charge in [-0.1, -0.05) is 53.7 Å². The maximum atomic E-state index is 10.8. The Morgan fingerprint density at radius 1 is 0.900 bits per heavy atom. The van der Waals surface area contributed by atoms with Gasteiger partial charge >= 0.3 is 11.9 Å². The molecule has 5 N–H and O–H groups in total. The van der Waals surface area contributed by atoms with Crippen LogP contribution in [0.5, 0.6) is 5.75 Å². The van der Waals surface area contributed by atoms with E-state index in [0.29, 0.717) is 11.8 Å². The number of phenolic OH excluding ortho intramolecular Hbond substituents is 1. The van der Waals surface area contributed by atoms with Crippen molar-refractivity contribution in [3.63, 3.8) is 0 Å². The van der Waals surface area contributed by atoms with E-state index in [0.717, 1.165) is 43.4 Å². The van der Waals surface area contributed by atoms with Crippen molar-refractivity contribution in [3.8, 4) is 5.75 Å². The Hall–Kier alpha value is -2.12. The number of nitrogens with one attached hydrogen (secondary N) is 1. The lowest BCUT2D eigenvalue weighted by atomic mass is 9.78. The van der Waals surface area contributed by atoms with Crippen LogP contribution >= 0.6 is 0 Å². The summed E-state index contributed by atoms with van der Waals surface area (Å²) in [7, 11) is 0. The highest BCUT2D eigenvalue weighted by Crippen LogP contribution is 2.39. The number of aromatic hydroxyl groups is 1. The Kier molecular flexibility index (Phi) is 8.87. The van der Waals surface area contributed by atoms with Gasteiger partial charge in [-0.3, -0.25) is 0 Å². The van der Waals surface area contributed by atoms with Gasteiger partial charge in [-0.25, -0.2) is 9.59 Å². The minimum atomic E-state index is -1.82. The van der Waals surface area contributed by atoms with E-state index in [2.05, 4.69) is 59.0 Å². The third-order valence-corrected chi connectivity index (χ3v) is 5.26. The van der Waals surface area contributed by atoms with Gasteiger partial charge < -0.3 is 25.7 Å². The third kappa shape index (κ3) is 7.95. The number of phenols is 1. The zero-order valence-electron chi connectivity index (χ0n) is 19.0. The molecule has 0 bridgehead atoms. The topological polar surface area (TPSA) is 127 Å². The fourth-order valence-electron chi connectivity index (χ4n) is 3.48. The fraction of sp³-hybridized carbons (Fsp3) is 0.652. The van der Waals surface area contributed by atoms with Crippen LogP contribution in [-0.2, 0) is 27.0 Å². The molecule has 0 saturated heterocycles. The second-order valence-corrected chi connectivity index (χ2v) is 10.0. The van der Waals surface area contributed by atoms with E-state index < -0.39 is 11.9 Å². The van der Waals surface area contributed by atoms with Gasteiger partial charge in [0, 0.05) is 12.6 Å². The zero-order chi connectivity index (χ0) is 23.3. The second-order valence-electron chi connectivity index (χ2n) is 10.0. The first-order valence-electron chi connectivity index (χ1n) is 10.4. The minimum Gasteiger partial charge on any atom is -0.507 e. The molecule has 0 unspecified atom stereocenters. The molecule has 30 heavy (non-hydrogen) atoms. The van der Waals surface area contributed by atoms with Crippen LogP contribution in [-0.4, -0.2) is 44.5 Å². The van der Waals surface area contributed by atoms with Crippen molar-refractivity contribution < 1.29 is 30.0 Å². The van der Waals surface area contributed by atoms with Crippen LogP contribution in [0, 0.1) is 0 Å². The van der Waals surface area contributed by atoms with E-state index in [1.54, 1.807) is 0 Å². The summed E-state index contributed by atoms with van der Waals surface area (Å²) in [6, 6.07) is 4.78. The molecule has 7 heteroatoms. The van der Waals surface area contributed by atoms with E-state index in [1.165, 1.54) is 5.56 Å². The van der Waals surface area contributed by atoms with E-state index in [9.17, 15) is 10.2 Å². The number of aliphatic carboxylic acids is 2. The van der Waals surface area contributed by atoms with Gasteiger partial charge in [0.1, 0.15) is 5.75 Å². The quantitative estimate of drug-likeness (QED) is 0.471. The molecule has 0 radical (unpaired) electrons. The van der Waals surface area contributed by atoms with Crippen LogP contribution in [0.15, 0.2) is 12.1 Å². The van der Waals surface area contributed by atoms with Crippen molar-refractivity contribution in [2.24, 2.45) is 0 Å². The molecule has 1 aromatic rings. The smallest absolute Gasteiger partial charge is 0.414 e. The van der Waals surface area contributed by atoms with Gasteiger partial charge in [-0.05, 0) is 53.2 Å². The van der Waals surface area contributed by atoms with Gasteiger partial charge in [0.05, 0.1) is 6.10 Å². The number of hydrogen-bond acceptors (Lipinski definition) is 5. The lowest BCUT2D eigenvalue weighted by Crippen LogP contribution is -2.34. The first kappa shape index (κ1) is 25.9. The predicted octanol–water partition coefficient (Wildman–Crippen LogP) is 3.54. The Bertz CT molecular complexity index is 690. The molecule has 0 atom stereocenters. The molecule has 2 rings (SSSR count). The highest BCUT2D eigenvalue weighted by Gasteiger charge is 2.27. The Morgan fingerprint density at radius 2 is 1.30 bits per heavy atom. The first-order valence-corrected chi connectivity index (χ1v) is 10.4. The Labute approximate surface area is 179 Å². The average molecular weight is 424 g/mol. The molecule has 0 aromatic heterocycles. The fourth-order valence-corrected chi connectivity index (χ4v) is 3.48. The molecule has 1 aromatic carbocycles. The normalized spacial score (nSPS) is 19.6. The SMILES string of the molecule is CC(C)(C)c1cc(CNC2CCC(O)CC2)cc(C(C)(C)C)c1O.O=C(O)C(=O)O. The number of aliphatic hydroxyl groups excluding tert-OH is 1. The molecule has 1 fully saturated rings. The summed E-state index contributed by atoms with van der Waals surface area (Å²) in [5.41, 5.74) is 3.09. The summed E-state index contributed by atoms with van der Waals surface area (Å²) >= 11 is 0. The number of rotatable bonds is 3. The molecule has 1 aliphatic carbocycles. The maximum Gasteiger partial charge on any atom is 0.414 e. The minimum absolute atomic E-state index is 0.0883. The van der Waals surface area contributed by atoms with E-state index in [4.69, 9.17) is 19.8 Å². The largest absolute Gasteiger partial charge is 0.507 e. The van der Waals surface area contributed by atoms with Gasteiger partial charge in [0.2, 0.25) is 0 Å². The number of benzene rings is 1. The van der Waals surface area contributed by atoms with Gasteiger partial charge in [0.25, 0.3) is 0 Å². The Morgan fingerprint density at radius 3 is 1.63 bits per heavy atom.